The van der Waals surface area contributed by atoms with Crippen LogP contribution in [-0.4, -0.2) is 0 Å². The van der Waals surface area contributed by atoms with E-state index in [9.17, 15) is 0 Å². The maximum Gasteiger partial charge on any atom is 0.0716 e. The summed E-state index contributed by atoms with van der Waals surface area (Å²) in [6.07, 6.45) is 0. The average Bonchev–Trinajstić information content (AvgIpc) is 2.52. The predicted octanol–water partition coefficient (Wildman–Crippen LogP) is 4.70. The van der Waals surface area contributed by atoms with E-state index in [2.05, 4.69) is 29.7 Å². The fraction of sp³-hybridized carbons (Fsp3) is 0.0588. The summed E-state index contributed by atoms with van der Waals surface area (Å²) in [4.78, 5) is 0. The van der Waals surface area contributed by atoms with E-state index in [1.807, 2.05) is 30.3 Å². The van der Waals surface area contributed by atoms with Gasteiger partial charge in [0.25, 0.3) is 0 Å². The zero-order valence-corrected chi connectivity index (χ0v) is 12.7. The van der Waals surface area contributed by atoms with Crippen LogP contribution in [0.25, 0.3) is 10.8 Å². The minimum atomic E-state index is -0.147. The molecule has 0 saturated heterocycles. The number of halogens is 2. The number of hydrazine groups is 1. The van der Waals surface area contributed by atoms with Crippen molar-refractivity contribution in [3.8, 4) is 0 Å². The molecule has 0 heterocycles. The van der Waals surface area contributed by atoms with Crippen LogP contribution in [0.2, 0.25) is 10.0 Å². The van der Waals surface area contributed by atoms with E-state index in [0.717, 1.165) is 16.5 Å². The van der Waals surface area contributed by atoms with Crippen molar-refractivity contribution < 1.29 is 0 Å². The zero-order valence-electron chi connectivity index (χ0n) is 11.2. The van der Waals surface area contributed by atoms with Crippen LogP contribution in [0, 0.1) is 0 Å². The van der Waals surface area contributed by atoms with Gasteiger partial charge in [-0.1, -0.05) is 71.7 Å². The van der Waals surface area contributed by atoms with Crippen LogP contribution < -0.4 is 11.3 Å². The van der Waals surface area contributed by atoms with Gasteiger partial charge in [-0.25, -0.2) is 5.43 Å². The maximum absolute atomic E-state index is 6.12. The molecule has 0 fully saturated rings. The quantitative estimate of drug-likeness (QED) is 0.543. The van der Waals surface area contributed by atoms with Crippen molar-refractivity contribution in [2.24, 2.45) is 5.84 Å². The summed E-state index contributed by atoms with van der Waals surface area (Å²) in [5.41, 5.74) is 4.95. The number of hydrogen-bond acceptors (Lipinski definition) is 2. The molecule has 1 unspecified atom stereocenters. The maximum atomic E-state index is 6.12. The zero-order chi connectivity index (χ0) is 14.8. The second-order valence-corrected chi connectivity index (χ2v) is 5.66. The second-order valence-electron chi connectivity index (χ2n) is 4.84. The van der Waals surface area contributed by atoms with Gasteiger partial charge in [0.05, 0.1) is 16.1 Å². The van der Waals surface area contributed by atoms with E-state index >= 15 is 0 Å². The monoisotopic (exact) mass is 316 g/mol. The number of fused-ring (bicyclic) bond motifs is 1. The van der Waals surface area contributed by atoms with E-state index in [1.54, 1.807) is 6.07 Å². The van der Waals surface area contributed by atoms with Crippen LogP contribution in [0.4, 0.5) is 0 Å². The van der Waals surface area contributed by atoms with E-state index in [-0.39, 0.29) is 6.04 Å². The largest absolute Gasteiger partial charge is 0.271 e. The molecule has 1 atom stereocenters. The van der Waals surface area contributed by atoms with Gasteiger partial charge in [0.15, 0.2) is 0 Å². The number of hydrogen-bond donors (Lipinski definition) is 2. The van der Waals surface area contributed by atoms with Crippen LogP contribution >= 0.6 is 23.2 Å². The summed E-state index contributed by atoms with van der Waals surface area (Å²) in [6, 6.07) is 19.8. The van der Waals surface area contributed by atoms with Crippen molar-refractivity contribution in [3.63, 3.8) is 0 Å². The fourth-order valence-corrected chi connectivity index (χ4v) is 2.87. The first kappa shape index (κ1) is 14.4. The highest BCUT2D eigenvalue weighted by atomic mass is 35.5. The van der Waals surface area contributed by atoms with Gasteiger partial charge in [0, 0.05) is 0 Å². The Labute approximate surface area is 133 Å². The van der Waals surface area contributed by atoms with Gasteiger partial charge in [-0.15, -0.1) is 0 Å². The molecule has 0 aromatic heterocycles. The molecule has 21 heavy (non-hydrogen) atoms. The first-order valence-electron chi connectivity index (χ1n) is 6.59. The molecule has 0 aliphatic rings. The normalized spacial score (nSPS) is 12.5. The smallest absolute Gasteiger partial charge is 0.0716 e. The second kappa shape index (κ2) is 6.04. The summed E-state index contributed by atoms with van der Waals surface area (Å²) >= 11 is 12.1. The molecule has 0 bridgehead atoms. The predicted molar refractivity (Wildman–Crippen MR) is 89.6 cm³/mol. The molecule has 3 aromatic carbocycles. The molecule has 3 aromatic rings. The van der Waals surface area contributed by atoms with Gasteiger partial charge in [0.1, 0.15) is 0 Å². The van der Waals surface area contributed by atoms with E-state index < -0.39 is 0 Å². The molecule has 3 N–H and O–H groups in total. The first-order chi connectivity index (χ1) is 10.2. The van der Waals surface area contributed by atoms with Gasteiger partial charge >= 0.3 is 0 Å². The third-order valence-corrected chi connectivity index (χ3v) is 4.32. The molecule has 0 radical (unpaired) electrons. The number of rotatable bonds is 3. The third kappa shape index (κ3) is 2.76. The van der Waals surface area contributed by atoms with Crippen molar-refractivity contribution in [3.05, 3.63) is 81.8 Å². The number of benzene rings is 3. The Morgan fingerprint density at radius 1 is 0.857 bits per heavy atom. The molecular formula is C17H14Cl2N2. The molecule has 2 nitrogen and oxygen atoms in total. The minimum Gasteiger partial charge on any atom is -0.271 e. The average molecular weight is 317 g/mol. The Kier molecular flexibility index (Phi) is 4.13. The Hall–Kier alpha value is -1.58. The van der Waals surface area contributed by atoms with Gasteiger partial charge in [0.2, 0.25) is 0 Å². The minimum absolute atomic E-state index is 0.147. The molecular weight excluding hydrogens is 303 g/mol. The third-order valence-electron chi connectivity index (χ3n) is 3.58. The molecule has 4 heteroatoms. The van der Waals surface area contributed by atoms with Crippen LogP contribution in [0.3, 0.4) is 0 Å². The molecule has 0 spiro atoms. The Balaban J connectivity index is 2.16. The Morgan fingerprint density at radius 2 is 1.62 bits per heavy atom. The van der Waals surface area contributed by atoms with E-state index in [0.29, 0.717) is 10.0 Å². The summed E-state index contributed by atoms with van der Waals surface area (Å²) in [7, 11) is 0. The SMILES string of the molecule is NNC(c1ccc(Cl)c(Cl)c1)c1cccc2ccccc12. The standard InChI is InChI=1S/C17H14Cl2N2/c18-15-9-8-12(10-16(15)19)17(21-20)14-7-3-5-11-4-1-2-6-13(11)14/h1-10,17,21H,20H2. The number of nitrogens with two attached hydrogens (primary N) is 1. The highest BCUT2D eigenvalue weighted by Crippen LogP contribution is 2.31. The summed E-state index contributed by atoms with van der Waals surface area (Å²) in [6.45, 7) is 0. The highest BCUT2D eigenvalue weighted by molar-refractivity contribution is 6.42. The van der Waals surface area contributed by atoms with Gasteiger partial charge in [-0.05, 0) is 34.0 Å². The molecule has 0 aliphatic heterocycles. The highest BCUT2D eigenvalue weighted by Gasteiger charge is 2.16. The fourth-order valence-electron chi connectivity index (χ4n) is 2.56. The molecule has 0 saturated carbocycles. The molecule has 3 rings (SSSR count). The van der Waals surface area contributed by atoms with Crippen LogP contribution in [0.15, 0.2) is 60.7 Å². The van der Waals surface area contributed by atoms with Gasteiger partial charge in [-0.3, -0.25) is 5.84 Å². The summed E-state index contributed by atoms with van der Waals surface area (Å²) < 4.78 is 0. The number of nitrogens with one attached hydrogen (secondary N) is 1. The topological polar surface area (TPSA) is 38.0 Å². The van der Waals surface area contributed by atoms with Crippen LogP contribution in [0.5, 0.6) is 0 Å². The molecule has 106 valence electrons. The van der Waals surface area contributed by atoms with Crippen molar-refractivity contribution >= 4 is 34.0 Å². The van der Waals surface area contributed by atoms with E-state index in [4.69, 9.17) is 29.0 Å². The Morgan fingerprint density at radius 3 is 2.38 bits per heavy atom. The first-order valence-corrected chi connectivity index (χ1v) is 7.35. The lowest BCUT2D eigenvalue weighted by molar-refractivity contribution is 0.641. The van der Waals surface area contributed by atoms with E-state index in [1.165, 1.54) is 5.39 Å². The van der Waals surface area contributed by atoms with Crippen LogP contribution in [0.1, 0.15) is 17.2 Å². The lowest BCUT2D eigenvalue weighted by Gasteiger charge is -2.19. The lowest BCUT2D eigenvalue weighted by Crippen LogP contribution is -2.29. The summed E-state index contributed by atoms with van der Waals surface area (Å²) in [5.74, 6) is 5.79. The van der Waals surface area contributed by atoms with Crippen LogP contribution in [-0.2, 0) is 0 Å². The van der Waals surface area contributed by atoms with Gasteiger partial charge in [-0.2, -0.15) is 0 Å². The van der Waals surface area contributed by atoms with Crippen molar-refractivity contribution in [2.45, 2.75) is 6.04 Å². The molecule has 0 amide bonds. The Bertz CT molecular complexity index is 781. The van der Waals surface area contributed by atoms with Crippen molar-refractivity contribution in [2.75, 3.05) is 0 Å². The van der Waals surface area contributed by atoms with Gasteiger partial charge < -0.3 is 0 Å². The van der Waals surface area contributed by atoms with Crippen molar-refractivity contribution in [1.82, 2.24) is 5.43 Å². The van der Waals surface area contributed by atoms with Crippen molar-refractivity contribution in [1.29, 1.82) is 0 Å². The molecule has 0 aliphatic carbocycles. The summed E-state index contributed by atoms with van der Waals surface area (Å²) in [5, 5.41) is 3.40. The lowest BCUT2D eigenvalue weighted by atomic mass is 9.94.